The first-order valence-electron chi connectivity index (χ1n) is 7.44. The lowest BCUT2D eigenvalue weighted by molar-refractivity contribution is 0.291. The fraction of sp³-hybridized carbons (Fsp3) is 0.294. The van der Waals surface area contributed by atoms with Crippen LogP contribution in [0.15, 0.2) is 62.4 Å². The van der Waals surface area contributed by atoms with Gasteiger partial charge in [0.2, 0.25) is 10.0 Å². The highest BCUT2D eigenvalue weighted by Gasteiger charge is 2.21. The molecule has 7 heteroatoms. The van der Waals surface area contributed by atoms with E-state index in [0.29, 0.717) is 11.0 Å². The van der Waals surface area contributed by atoms with Gasteiger partial charge in [0.15, 0.2) is 0 Å². The predicted octanol–water partition coefficient (Wildman–Crippen LogP) is 3.66. The Morgan fingerprint density at radius 2 is 1.75 bits per heavy atom. The van der Waals surface area contributed by atoms with Gasteiger partial charge < -0.3 is 4.90 Å². The summed E-state index contributed by atoms with van der Waals surface area (Å²) in [6, 6.07) is 15.2. The van der Waals surface area contributed by atoms with Crippen LogP contribution in [0.5, 0.6) is 0 Å². The van der Waals surface area contributed by atoms with Crippen molar-refractivity contribution in [2.45, 2.75) is 17.4 Å². The van der Waals surface area contributed by atoms with Crippen molar-refractivity contribution in [3.8, 4) is 0 Å². The largest absolute Gasteiger partial charge is 0.305 e. The molecular weight excluding hydrogens is 456 g/mol. The Morgan fingerprint density at radius 3 is 2.38 bits per heavy atom. The maximum absolute atomic E-state index is 12.6. The fourth-order valence-corrected chi connectivity index (χ4v) is 4.86. The lowest BCUT2D eigenvalue weighted by atomic mass is 10.1. The quantitative estimate of drug-likeness (QED) is 0.664. The van der Waals surface area contributed by atoms with Crippen molar-refractivity contribution in [1.29, 1.82) is 0 Å². The van der Waals surface area contributed by atoms with Crippen molar-refractivity contribution in [3.05, 3.63) is 63.0 Å². The minimum absolute atomic E-state index is 0.0631. The standard InChI is InChI=1S/C17H20Br2N2O2S/c1-21(2)15(10-13-6-4-3-5-7-13)12-20-24(22,23)17-11-14(18)8-9-16(17)19/h3-9,11,15,20H,10,12H2,1-2H3/t15-/m1/s1. The normalized spacial score (nSPS) is 13.2. The molecule has 0 aromatic heterocycles. The van der Waals surface area contributed by atoms with Crippen LogP contribution in [0.4, 0.5) is 0 Å². The van der Waals surface area contributed by atoms with Crippen LogP contribution in [0, 0.1) is 0 Å². The van der Waals surface area contributed by atoms with Gasteiger partial charge in [0.05, 0.1) is 4.90 Å². The lowest BCUT2D eigenvalue weighted by Crippen LogP contribution is -2.41. The van der Waals surface area contributed by atoms with Crippen LogP contribution >= 0.6 is 31.9 Å². The van der Waals surface area contributed by atoms with Crippen molar-refractivity contribution in [3.63, 3.8) is 0 Å². The third kappa shape index (κ3) is 5.39. The Labute approximate surface area is 160 Å². The van der Waals surface area contributed by atoms with E-state index in [1.807, 2.05) is 37.2 Å². The summed E-state index contributed by atoms with van der Waals surface area (Å²) in [5.74, 6) is 0. The highest BCUT2D eigenvalue weighted by molar-refractivity contribution is 9.11. The lowest BCUT2D eigenvalue weighted by Gasteiger charge is -2.25. The van der Waals surface area contributed by atoms with Gasteiger partial charge in [0.25, 0.3) is 0 Å². The number of rotatable bonds is 7. The third-order valence-corrected chi connectivity index (χ3v) is 6.65. The molecule has 0 amide bonds. The molecule has 2 rings (SSSR count). The first kappa shape index (κ1) is 19.6. The zero-order valence-electron chi connectivity index (χ0n) is 13.5. The van der Waals surface area contributed by atoms with Crippen molar-refractivity contribution in [1.82, 2.24) is 9.62 Å². The Hall–Kier alpha value is -0.730. The van der Waals surface area contributed by atoms with E-state index >= 15 is 0 Å². The molecule has 0 fully saturated rings. The minimum atomic E-state index is -3.59. The molecular formula is C17H20Br2N2O2S. The zero-order chi connectivity index (χ0) is 17.7. The number of hydrogen-bond acceptors (Lipinski definition) is 3. The summed E-state index contributed by atoms with van der Waals surface area (Å²) in [5, 5.41) is 0. The van der Waals surface area contributed by atoms with Crippen LogP contribution in [-0.4, -0.2) is 40.0 Å². The molecule has 0 unspecified atom stereocenters. The molecule has 0 saturated carbocycles. The summed E-state index contributed by atoms with van der Waals surface area (Å²) in [6.07, 6.45) is 0.774. The van der Waals surface area contributed by atoms with Gasteiger partial charge >= 0.3 is 0 Å². The first-order valence-corrected chi connectivity index (χ1v) is 10.5. The van der Waals surface area contributed by atoms with Gasteiger partial charge in [-0.3, -0.25) is 0 Å². The van der Waals surface area contributed by atoms with Gasteiger partial charge in [0.1, 0.15) is 0 Å². The molecule has 24 heavy (non-hydrogen) atoms. The molecule has 0 heterocycles. The summed E-state index contributed by atoms with van der Waals surface area (Å²) >= 11 is 6.62. The average molecular weight is 476 g/mol. The maximum Gasteiger partial charge on any atom is 0.241 e. The molecule has 0 aliphatic heterocycles. The number of nitrogens with one attached hydrogen (secondary N) is 1. The summed E-state index contributed by atoms with van der Waals surface area (Å²) in [7, 11) is 0.323. The van der Waals surface area contributed by atoms with E-state index in [4.69, 9.17) is 0 Å². The minimum Gasteiger partial charge on any atom is -0.305 e. The Kier molecular flexibility index (Phi) is 7.00. The maximum atomic E-state index is 12.6. The van der Waals surface area contributed by atoms with Crippen molar-refractivity contribution in [2.75, 3.05) is 20.6 Å². The van der Waals surface area contributed by atoms with E-state index in [0.717, 1.165) is 10.9 Å². The van der Waals surface area contributed by atoms with Gasteiger partial charge in [-0.25, -0.2) is 13.1 Å². The van der Waals surface area contributed by atoms with Crippen LogP contribution in [0.2, 0.25) is 0 Å². The SMILES string of the molecule is CN(C)[C@@H](CNS(=O)(=O)c1cc(Br)ccc1Br)Cc1ccccc1. The summed E-state index contributed by atoms with van der Waals surface area (Å²) < 4.78 is 29.2. The highest BCUT2D eigenvalue weighted by Crippen LogP contribution is 2.25. The van der Waals surface area contributed by atoms with E-state index in [9.17, 15) is 8.42 Å². The molecule has 4 nitrogen and oxygen atoms in total. The molecule has 130 valence electrons. The van der Waals surface area contributed by atoms with E-state index in [2.05, 4.69) is 48.7 Å². The Balaban J connectivity index is 2.12. The smallest absolute Gasteiger partial charge is 0.241 e. The molecule has 0 bridgehead atoms. The van der Waals surface area contributed by atoms with Crippen LogP contribution in [0.25, 0.3) is 0 Å². The summed E-state index contributed by atoms with van der Waals surface area (Å²) in [4.78, 5) is 2.26. The number of sulfonamides is 1. The van der Waals surface area contributed by atoms with Crippen molar-refractivity contribution < 1.29 is 8.42 Å². The molecule has 2 aromatic rings. The molecule has 1 N–H and O–H groups in total. The molecule has 0 aliphatic rings. The van der Waals surface area contributed by atoms with Crippen LogP contribution in [0.3, 0.4) is 0 Å². The number of likely N-dealkylation sites (N-methyl/N-ethyl adjacent to an activating group) is 1. The molecule has 0 aliphatic carbocycles. The van der Waals surface area contributed by atoms with Gasteiger partial charge in [0, 0.05) is 21.5 Å². The predicted molar refractivity (Wildman–Crippen MR) is 105 cm³/mol. The number of hydrogen-bond donors (Lipinski definition) is 1. The van der Waals surface area contributed by atoms with Crippen molar-refractivity contribution >= 4 is 41.9 Å². The van der Waals surface area contributed by atoms with E-state index in [-0.39, 0.29) is 10.9 Å². The van der Waals surface area contributed by atoms with E-state index < -0.39 is 10.0 Å². The van der Waals surface area contributed by atoms with Gasteiger partial charge in [-0.2, -0.15) is 0 Å². The van der Waals surface area contributed by atoms with Crippen molar-refractivity contribution in [2.24, 2.45) is 0 Å². The fourth-order valence-electron chi connectivity index (χ4n) is 2.29. The molecule has 0 radical (unpaired) electrons. The van der Waals surface area contributed by atoms with Crippen LogP contribution < -0.4 is 4.72 Å². The molecule has 0 saturated heterocycles. The second kappa shape index (κ2) is 8.58. The Bertz CT molecular complexity index is 780. The summed E-state index contributed by atoms with van der Waals surface area (Å²) in [5.41, 5.74) is 1.18. The van der Waals surface area contributed by atoms with Crippen LogP contribution in [0.1, 0.15) is 5.56 Å². The van der Waals surface area contributed by atoms with Gasteiger partial charge in [-0.05, 0) is 60.2 Å². The second-order valence-corrected chi connectivity index (χ2v) is 9.24. The van der Waals surface area contributed by atoms with E-state index in [1.165, 1.54) is 5.56 Å². The number of benzene rings is 2. The number of nitrogens with zero attached hydrogens (tertiary/aromatic N) is 1. The summed E-state index contributed by atoms with van der Waals surface area (Å²) in [6.45, 7) is 0.336. The highest BCUT2D eigenvalue weighted by atomic mass is 79.9. The topological polar surface area (TPSA) is 49.4 Å². The molecule has 2 aromatic carbocycles. The van der Waals surface area contributed by atoms with Gasteiger partial charge in [-0.1, -0.05) is 46.3 Å². The molecule has 1 atom stereocenters. The second-order valence-electron chi connectivity index (χ2n) is 5.73. The monoisotopic (exact) mass is 474 g/mol. The van der Waals surface area contributed by atoms with Crippen LogP contribution in [-0.2, 0) is 16.4 Å². The first-order chi connectivity index (χ1) is 11.3. The number of halogens is 2. The average Bonchev–Trinajstić information content (AvgIpc) is 2.54. The zero-order valence-corrected chi connectivity index (χ0v) is 17.5. The van der Waals surface area contributed by atoms with Gasteiger partial charge in [-0.15, -0.1) is 0 Å². The van der Waals surface area contributed by atoms with E-state index in [1.54, 1.807) is 18.2 Å². The molecule has 0 spiro atoms. The Morgan fingerprint density at radius 1 is 1.08 bits per heavy atom. The third-order valence-electron chi connectivity index (χ3n) is 3.74.